The number of aromatic nitrogens is 2. The van der Waals surface area contributed by atoms with E-state index in [9.17, 15) is 0 Å². The molecule has 0 spiro atoms. The lowest BCUT2D eigenvalue weighted by Crippen LogP contribution is -2.16. The zero-order valence-electron chi connectivity index (χ0n) is 18.8. The summed E-state index contributed by atoms with van der Waals surface area (Å²) in [5.74, 6) is 1.74. The van der Waals surface area contributed by atoms with Crippen molar-refractivity contribution in [1.82, 2.24) is 9.97 Å². The van der Waals surface area contributed by atoms with Crippen LogP contribution in [0.4, 0.5) is 0 Å². The number of hydrogen-bond donors (Lipinski definition) is 0. The lowest BCUT2D eigenvalue weighted by atomic mass is 9.84. The summed E-state index contributed by atoms with van der Waals surface area (Å²) in [6.07, 6.45) is 20.5. The Balaban J connectivity index is 1.51. The molecular weight excluding hydrogens is 352 g/mol. The molecule has 0 N–H and O–H groups in total. The molecule has 2 heteroatoms. The van der Waals surface area contributed by atoms with Crippen LogP contribution in [0.1, 0.15) is 101 Å². The van der Waals surface area contributed by atoms with Gasteiger partial charge in [0.25, 0.3) is 0 Å². The number of nitrogens with zero attached hydrogens (tertiary/aromatic N) is 2. The van der Waals surface area contributed by atoms with Crippen molar-refractivity contribution in [3.05, 3.63) is 47.3 Å². The first-order valence-corrected chi connectivity index (χ1v) is 12.2. The standard InChI is InChI=1S/C27H40N2/c1-3-5-7-8-9-11-12-22-14-17-24(18-15-22)27-28-21-25-20-23(13-10-6-4-2)16-19-26(25)29-27/h14-15,17-18,21,23H,3-13,16,19-20H2,1-2H3. The fourth-order valence-corrected chi connectivity index (χ4v) is 4.58. The number of rotatable bonds is 12. The van der Waals surface area contributed by atoms with Crippen molar-refractivity contribution in [3.63, 3.8) is 0 Å². The fraction of sp³-hybridized carbons (Fsp3) is 0.630. The predicted molar refractivity (Wildman–Crippen MR) is 124 cm³/mol. The third-order valence-electron chi connectivity index (χ3n) is 6.50. The van der Waals surface area contributed by atoms with Crippen LogP contribution in [-0.4, -0.2) is 9.97 Å². The topological polar surface area (TPSA) is 25.8 Å². The van der Waals surface area contributed by atoms with E-state index in [1.165, 1.54) is 100 Å². The number of fused-ring (bicyclic) bond motifs is 1. The van der Waals surface area contributed by atoms with Gasteiger partial charge in [-0.05, 0) is 49.1 Å². The predicted octanol–water partition coefficient (Wildman–Crippen LogP) is 7.73. The van der Waals surface area contributed by atoms with E-state index in [2.05, 4.69) is 44.3 Å². The number of benzene rings is 1. The molecule has 1 atom stereocenters. The fourth-order valence-electron chi connectivity index (χ4n) is 4.58. The van der Waals surface area contributed by atoms with Crippen LogP contribution in [0.25, 0.3) is 11.4 Å². The lowest BCUT2D eigenvalue weighted by molar-refractivity contribution is 0.404. The van der Waals surface area contributed by atoms with Crippen molar-refractivity contribution < 1.29 is 0 Å². The second-order valence-electron chi connectivity index (χ2n) is 8.98. The minimum Gasteiger partial charge on any atom is -0.236 e. The van der Waals surface area contributed by atoms with Gasteiger partial charge in [0.15, 0.2) is 5.82 Å². The average Bonchev–Trinajstić information content (AvgIpc) is 2.76. The van der Waals surface area contributed by atoms with Crippen LogP contribution >= 0.6 is 0 Å². The van der Waals surface area contributed by atoms with E-state index >= 15 is 0 Å². The maximum atomic E-state index is 4.94. The largest absolute Gasteiger partial charge is 0.236 e. The van der Waals surface area contributed by atoms with Gasteiger partial charge in [-0.1, -0.05) is 95.9 Å². The molecule has 2 nitrogen and oxygen atoms in total. The molecule has 1 aromatic heterocycles. The van der Waals surface area contributed by atoms with E-state index < -0.39 is 0 Å². The molecule has 0 aliphatic heterocycles. The van der Waals surface area contributed by atoms with Crippen LogP contribution in [0.15, 0.2) is 30.5 Å². The Hall–Kier alpha value is -1.70. The van der Waals surface area contributed by atoms with Gasteiger partial charge in [0.1, 0.15) is 0 Å². The molecule has 1 aromatic carbocycles. The lowest BCUT2D eigenvalue weighted by Gasteiger charge is -2.23. The second kappa shape index (κ2) is 12.1. The molecule has 0 radical (unpaired) electrons. The molecule has 1 aliphatic rings. The van der Waals surface area contributed by atoms with Crippen LogP contribution in [0.5, 0.6) is 0 Å². The molecule has 0 bridgehead atoms. The molecule has 3 rings (SSSR count). The summed E-state index contributed by atoms with van der Waals surface area (Å²) in [4.78, 5) is 9.65. The monoisotopic (exact) mass is 392 g/mol. The molecule has 0 amide bonds. The van der Waals surface area contributed by atoms with E-state index in [-0.39, 0.29) is 0 Å². The first-order chi connectivity index (χ1) is 14.3. The summed E-state index contributed by atoms with van der Waals surface area (Å²) >= 11 is 0. The number of unbranched alkanes of at least 4 members (excludes halogenated alkanes) is 7. The van der Waals surface area contributed by atoms with Gasteiger partial charge in [-0.2, -0.15) is 0 Å². The first-order valence-electron chi connectivity index (χ1n) is 12.2. The Labute approximate surface area is 178 Å². The van der Waals surface area contributed by atoms with Gasteiger partial charge in [0.05, 0.1) is 0 Å². The normalized spacial score (nSPS) is 16.0. The van der Waals surface area contributed by atoms with Gasteiger partial charge in [-0.25, -0.2) is 9.97 Å². The molecule has 1 aliphatic carbocycles. The van der Waals surface area contributed by atoms with Gasteiger partial charge in [-0.3, -0.25) is 0 Å². The summed E-state index contributed by atoms with van der Waals surface area (Å²) in [5.41, 5.74) is 5.28. The van der Waals surface area contributed by atoms with Crippen molar-refractivity contribution >= 4 is 0 Å². The molecule has 0 fully saturated rings. The molecule has 1 heterocycles. The summed E-state index contributed by atoms with van der Waals surface area (Å²) in [6.45, 7) is 4.56. The van der Waals surface area contributed by atoms with Crippen molar-refractivity contribution in [2.45, 2.75) is 104 Å². The third kappa shape index (κ3) is 6.94. The highest BCUT2D eigenvalue weighted by Crippen LogP contribution is 2.29. The van der Waals surface area contributed by atoms with E-state index in [0.717, 1.165) is 23.7 Å². The SMILES string of the molecule is CCCCCCCCc1ccc(-c2ncc3c(n2)CCC(CCCCC)C3)cc1. The Kier molecular flexibility index (Phi) is 9.18. The van der Waals surface area contributed by atoms with E-state index in [1.807, 2.05) is 0 Å². The van der Waals surface area contributed by atoms with Crippen molar-refractivity contribution in [1.29, 1.82) is 0 Å². The first kappa shape index (κ1) is 22.0. The molecule has 1 unspecified atom stereocenters. The summed E-state index contributed by atoms with van der Waals surface area (Å²) in [6, 6.07) is 8.97. The highest BCUT2D eigenvalue weighted by Gasteiger charge is 2.20. The minimum absolute atomic E-state index is 0.838. The zero-order valence-corrected chi connectivity index (χ0v) is 18.8. The van der Waals surface area contributed by atoms with Crippen LogP contribution < -0.4 is 0 Å². The summed E-state index contributed by atoms with van der Waals surface area (Å²) in [5, 5.41) is 0. The van der Waals surface area contributed by atoms with Crippen molar-refractivity contribution in [2.24, 2.45) is 5.92 Å². The second-order valence-corrected chi connectivity index (χ2v) is 8.98. The van der Waals surface area contributed by atoms with E-state index in [0.29, 0.717) is 0 Å². The molecular formula is C27H40N2. The highest BCUT2D eigenvalue weighted by molar-refractivity contribution is 5.55. The molecule has 0 saturated heterocycles. The molecule has 158 valence electrons. The van der Waals surface area contributed by atoms with Crippen LogP contribution in [0.3, 0.4) is 0 Å². The summed E-state index contributed by atoms with van der Waals surface area (Å²) in [7, 11) is 0. The Morgan fingerprint density at radius 2 is 1.59 bits per heavy atom. The molecule has 2 aromatic rings. The Bertz CT molecular complexity index is 720. The number of aryl methyl sites for hydroxylation is 2. The van der Waals surface area contributed by atoms with E-state index in [1.54, 1.807) is 0 Å². The molecule has 29 heavy (non-hydrogen) atoms. The maximum absolute atomic E-state index is 4.94. The van der Waals surface area contributed by atoms with Gasteiger partial charge in [0.2, 0.25) is 0 Å². The van der Waals surface area contributed by atoms with Crippen molar-refractivity contribution in [3.8, 4) is 11.4 Å². The average molecular weight is 393 g/mol. The van der Waals surface area contributed by atoms with Gasteiger partial charge >= 0.3 is 0 Å². The number of hydrogen-bond acceptors (Lipinski definition) is 2. The highest BCUT2D eigenvalue weighted by atomic mass is 14.9. The van der Waals surface area contributed by atoms with Gasteiger partial charge in [0, 0.05) is 17.5 Å². The quantitative estimate of drug-likeness (QED) is 0.345. The summed E-state index contributed by atoms with van der Waals surface area (Å²) < 4.78 is 0. The zero-order chi connectivity index (χ0) is 20.3. The third-order valence-corrected chi connectivity index (χ3v) is 6.50. The van der Waals surface area contributed by atoms with Crippen LogP contribution in [0, 0.1) is 5.92 Å². The van der Waals surface area contributed by atoms with Gasteiger partial charge in [-0.15, -0.1) is 0 Å². The maximum Gasteiger partial charge on any atom is 0.159 e. The van der Waals surface area contributed by atoms with Crippen LogP contribution in [0.2, 0.25) is 0 Å². The van der Waals surface area contributed by atoms with Crippen molar-refractivity contribution in [2.75, 3.05) is 0 Å². The molecule has 0 saturated carbocycles. The Morgan fingerprint density at radius 3 is 2.38 bits per heavy atom. The van der Waals surface area contributed by atoms with Crippen LogP contribution in [-0.2, 0) is 19.3 Å². The Morgan fingerprint density at radius 1 is 0.862 bits per heavy atom. The van der Waals surface area contributed by atoms with Gasteiger partial charge < -0.3 is 0 Å². The smallest absolute Gasteiger partial charge is 0.159 e. The van der Waals surface area contributed by atoms with E-state index in [4.69, 9.17) is 9.97 Å². The minimum atomic E-state index is 0.838.